The van der Waals surface area contributed by atoms with Crippen LogP contribution in [0, 0.1) is 11.3 Å². The van der Waals surface area contributed by atoms with E-state index < -0.39 is 0 Å². The van der Waals surface area contributed by atoms with Gasteiger partial charge in [-0.25, -0.2) is 4.79 Å². The molecule has 1 amide bonds. The summed E-state index contributed by atoms with van der Waals surface area (Å²) in [5.41, 5.74) is 2.67. The van der Waals surface area contributed by atoms with Gasteiger partial charge in [0.05, 0.1) is 25.7 Å². The van der Waals surface area contributed by atoms with Gasteiger partial charge in [-0.05, 0) is 60.8 Å². The minimum Gasteiger partial charge on any atom is -0.497 e. The lowest BCUT2D eigenvalue weighted by atomic mass is 9.72. The number of methoxy groups -OCH3 is 1. The summed E-state index contributed by atoms with van der Waals surface area (Å²) in [6.07, 6.45) is 3.03. The van der Waals surface area contributed by atoms with E-state index in [1.807, 2.05) is 24.3 Å². The first-order valence-corrected chi connectivity index (χ1v) is 11.3. The predicted octanol–water partition coefficient (Wildman–Crippen LogP) is 5.27. The van der Waals surface area contributed by atoms with Crippen molar-refractivity contribution in [2.24, 2.45) is 11.3 Å². The first-order chi connectivity index (χ1) is 14.2. The first kappa shape index (κ1) is 22.3. The third-order valence-corrected chi connectivity index (χ3v) is 6.89. The van der Waals surface area contributed by atoms with Crippen molar-refractivity contribution in [1.82, 2.24) is 0 Å². The summed E-state index contributed by atoms with van der Waals surface area (Å²) in [6.45, 7) is 8.90. The molecular formula is C24H31NO4S. The van der Waals surface area contributed by atoms with Gasteiger partial charge in [0.1, 0.15) is 10.8 Å². The van der Waals surface area contributed by atoms with Crippen molar-refractivity contribution in [3.05, 3.63) is 45.8 Å². The molecule has 0 saturated heterocycles. The second-order valence-corrected chi connectivity index (χ2v) is 9.92. The lowest BCUT2D eigenvalue weighted by molar-refractivity contribution is -0.115. The van der Waals surface area contributed by atoms with Gasteiger partial charge in [-0.2, -0.15) is 0 Å². The minimum absolute atomic E-state index is 0.153. The van der Waals surface area contributed by atoms with E-state index in [9.17, 15) is 9.59 Å². The van der Waals surface area contributed by atoms with E-state index in [1.165, 1.54) is 16.2 Å². The van der Waals surface area contributed by atoms with Crippen LogP contribution in [0.4, 0.5) is 5.00 Å². The number of benzene rings is 1. The maximum Gasteiger partial charge on any atom is 0.341 e. The smallest absolute Gasteiger partial charge is 0.341 e. The molecule has 1 aliphatic rings. The summed E-state index contributed by atoms with van der Waals surface area (Å²) < 4.78 is 10.6. The number of amides is 1. The van der Waals surface area contributed by atoms with E-state index in [2.05, 4.69) is 26.1 Å². The number of esters is 1. The molecule has 3 rings (SSSR count). The van der Waals surface area contributed by atoms with Crippen LogP contribution in [0.25, 0.3) is 0 Å². The Morgan fingerprint density at radius 2 is 2.03 bits per heavy atom. The molecule has 0 fully saturated rings. The quantitative estimate of drug-likeness (QED) is 0.636. The number of carbonyl (C=O) groups excluding carboxylic acids is 2. The van der Waals surface area contributed by atoms with Gasteiger partial charge >= 0.3 is 5.97 Å². The summed E-state index contributed by atoms with van der Waals surface area (Å²) in [5.74, 6) is 0.770. The number of anilines is 1. The highest BCUT2D eigenvalue weighted by atomic mass is 32.1. The van der Waals surface area contributed by atoms with Crippen molar-refractivity contribution < 1.29 is 19.1 Å². The van der Waals surface area contributed by atoms with Crippen molar-refractivity contribution >= 4 is 28.2 Å². The molecule has 0 saturated carbocycles. The average Bonchev–Trinajstić information content (AvgIpc) is 3.04. The Kier molecular flexibility index (Phi) is 6.86. The molecule has 30 heavy (non-hydrogen) atoms. The van der Waals surface area contributed by atoms with Crippen molar-refractivity contribution in [1.29, 1.82) is 0 Å². The van der Waals surface area contributed by atoms with Crippen molar-refractivity contribution in [3.63, 3.8) is 0 Å². The fraction of sp³-hybridized carbons (Fsp3) is 0.500. The number of nitrogens with one attached hydrogen (secondary N) is 1. The molecule has 5 nitrogen and oxygen atoms in total. The van der Waals surface area contributed by atoms with E-state index in [0.717, 1.165) is 30.4 Å². The Bertz CT molecular complexity index is 926. The summed E-state index contributed by atoms with van der Waals surface area (Å²) in [5, 5.41) is 3.60. The third kappa shape index (κ3) is 5.04. The molecule has 1 aromatic carbocycles. The SMILES string of the molecule is CCOC(=O)c1c(NC(=O)Cc2cccc(OC)c2)sc2c1CC[C@H](C(C)(C)C)C2. The second-order valence-electron chi connectivity index (χ2n) is 8.81. The topological polar surface area (TPSA) is 64.6 Å². The van der Waals surface area contributed by atoms with Crippen LogP contribution in [0.15, 0.2) is 24.3 Å². The monoisotopic (exact) mass is 429 g/mol. The Morgan fingerprint density at radius 1 is 1.27 bits per heavy atom. The Balaban J connectivity index is 1.85. The summed E-state index contributed by atoms with van der Waals surface area (Å²) in [4.78, 5) is 26.7. The molecule has 1 aromatic heterocycles. The number of ether oxygens (including phenoxy) is 2. The summed E-state index contributed by atoms with van der Waals surface area (Å²) >= 11 is 1.53. The molecule has 0 bridgehead atoms. The van der Waals surface area contributed by atoms with Crippen LogP contribution in [0.3, 0.4) is 0 Å². The van der Waals surface area contributed by atoms with Gasteiger partial charge in [0, 0.05) is 4.88 Å². The molecule has 0 spiro atoms. The Hall–Kier alpha value is -2.34. The molecule has 0 aliphatic heterocycles. The molecule has 0 radical (unpaired) electrons. The second kappa shape index (κ2) is 9.21. The van der Waals surface area contributed by atoms with Gasteiger partial charge in [-0.15, -0.1) is 11.3 Å². The van der Waals surface area contributed by atoms with E-state index >= 15 is 0 Å². The average molecular weight is 430 g/mol. The molecule has 162 valence electrons. The largest absolute Gasteiger partial charge is 0.497 e. The standard InChI is InChI=1S/C24H31NO4S/c1-6-29-23(27)21-18-11-10-16(24(2,3)4)14-19(18)30-22(21)25-20(26)13-15-8-7-9-17(12-15)28-5/h7-9,12,16H,6,10-11,13-14H2,1-5H3,(H,25,26)/t16-/m0/s1. The molecule has 2 aromatic rings. The van der Waals surface area contributed by atoms with Crippen LogP contribution in [0.1, 0.15) is 60.5 Å². The Morgan fingerprint density at radius 3 is 2.70 bits per heavy atom. The van der Waals surface area contributed by atoms with Gasteiger partial charge in [0.15, 0.2) is 0 Å². The van der Waals surface area contributed by atoms with Gasteiger partial charge in [0.25, 0.3) is 0 Å². The maximum absolute atomic E-state index is 12.8. The van der Waals surface area contributed by atoms with Crippen LogP contribution < -0.4 is 10.1 Å². The zero-order valence-electron chi connectivity index (χ0n) is 18.5. The van der Waals surface area contributed by atoms with E-state index in [1.54, 1.807) is 14.0 Å². The highest BCUT2D eigenvalue weighted by Crippen LogP contribution is 2.44. The predicted molar refractivity (Wildman–Crippen MR) is 121 cm³/mol. The van der Waals surface area contributed by atoms with Crippen LogP contribution >= 0.6 is 11.3 Å². The fourth-order valence-electron chi connectivity index (χ4n) is 3.97. The van der Waals surface area contributed by atoms with Gasteiger partial charge in [-0.3, -0.25) is 4.79 Å². The highest BCUT2D eigenvalue weighted by molar-refractivity contribution is 7.17. The van der Waals surface area contributed by atoms with Gasteiger partial charge in [-0.1, -0.05) is 32.9 Å². The maximum atomic E-state index is 12.8. The number of fused-ring (bicyclic) bond motifs is 1. The molecule has 6 heteroatoms. The van der Waals surface area contributed by atoms with E-state index in [4.69, 9.17) is 9.47 Å². The number of hydrogen-bond donors (Lipinski definition) is 1. The van der Waals surface area contributed by atoms with Crippen LogP contribution in [0.2, 0.25) is 0 Å². The summed E-state index contributed by atoms with van der Waals surface area (Å²) in [7, 11) is 1.60. The van der Waals surface area contributed by atoms with Gasteiger partial charge < -0.3 is 14.8 Å². The molecule has 1 N–H and O–H groups in total. The first-order valence-electron chi connectivity index (χ1n) is 10.5. The van der Waals surface area contributed by atoms with Crippen LogP contribution in [-0.2, 0) is 28.8 Å². The lowest BCUT2D eigenvalue weighted by Crippen LogP contribution is -2.26. The zero-order valence-corrected chi connectivity index (χ0v) is 19.3. The fourth-order valence-corrected chi connectivity index (χ4v) is 5.30. The Labute approximate surface area is 182 Å². The highest BCUT2D eigenvalue weighted by Gasteiger charge is 2.34. The van der Waals surface area contributed by atoms with Crippen molar-refractivity contribution in [2.45, 2.75) is 53.4 Å². The third-order valence-electron chi connectivity index (χ3n) is 5.72. The zero-order chi connectivity index (χ0) is 21.9. The number of hydrogen-bond acceptors (Lipinski definition) is 5. The lowest BCUT2D eigenvalue weighted by Gasteiger charge is -2.33. The number of rotatable bonds is 6. The molecule has 1 heterocycles. The van der Waals surface area contributed by atoms with Gasteiger partial charge in [0.2, 0.25) is 5.91 Å². The molecule has 1 aliphatic carbocycles. The van der Waals surface area contributed by atoms with E-state index in [-0.39, 0.29) is 23.7 Å². The molecule has 1 atom stereocenters. The van der Waals surface area contributed by atoms with E-state index in [0.29, 0.717) is 28.8 Å². The normalized spacial score (nSPS) is 16.0. The number of thiophene rings is 1. The number of carbonyl (C=O) groups is 2. The minimum atomic E-state index is -0.346. The van der Waals surface area contributed by atoms with Crippen LogP contribution in [0.5, 0.6) is 5.75 Å². The van der Waals surface area contributed by atoms with Crippen molar-refractivity contribution in [3.8, 4) is 5.75 Å². The summed E-state index contributed by atoms with van der Waals surface area (Å²) in [6, 6.07) is 7.45. The van der Waals surface area contributed by atoms with Crippen LogP contribution in [-0.4, -0.2) is 25.6 Å². The molecular weight excluding hydrogens is 398 g/mol. The van der Waals surface area contributed by atoms with Crippen molar-refractivity contribution in [2.75, 3.05) is 19.0 Å². The molecule has 0 unspecified atom stereocenters.